The Kier molecular flexibility index (Phi) is 5.86. The SMILES string of the molecule is CC(CCNC(C)C)Cc1ccc(Cl)cc1. The molecule has 0 aliphatic rings. The van der Waals surface area contributed by atoms with Gasteiger partial charge in [-0.15, -0.1) is 0 Å². The monoisotopic (exact) mass is 239 g/mol. The van der Waals surface area contributed by atoms with Crippen LogP contribution in [0.15, 0.2) is 24.3 Å². The molecule has 1 N–H and O–H groups in total. The average Bonchev–Trinajstić information content (AvgIpc) is 2.21. The first-order valence-electron chi connectivity index (χ1n) is 6.05. The number of nitrogens with one attached hydrogen (secondary N) is 1. The second kappa shape index (κ2) is 6.93. The molecule has 0 amide bonds. The van der Waals surface area contributed by atoms with Crippen LogP contribution < -0.4 is 5.32 Å². The fourth-order valence-electron chi connectivity index (χ4n) is 1.74. The van der Waals surface area contributed by atoms with Crippen LogP contribution in [0, 0.1) is 5.92 Å². The molecule has 1 unspecified atom stereocenters. The van der Waals surface area contributed by atoms with Gasteiger partial charge in [-0.3, -0.25) is 0 Å². The highest BCUT2D eigenvalue weighted by atomic mass is 35.5. The average molecular weight is 240 g/mol. The molecule has 1 atom stereocenters. The number of hydrogen-bond acceptors (Lipinski definition) is 1. The molecule has 0 radical (unpaired) electrons. The third-order valence-corrected chi connectivity index (χ3v) is 2.94. The van der Waals surface area contributed by atoms with E-state index >= 15 is 0 Å². The van der Waals surface area contributed by atoms with Crippen LogP contribution in [0.3, 0.4) is 0 Å². The van der Waals surface area contributed by atoms with E-state index < -0.39 is 0 Å². The van der Waals surface area contributed by atoms with E-state index in [4.69, 9.17) is 11.6 Å². The van der Waals surface area contributed by atoms with Crippen LogP contribution in [-0.4, -0.2) is 12.6 Å². The zero-order chi connectivity index (χ0) is 12.0. The molecule has 0 fully saturated rings. The van der Waals surface area contributed by atoms with Crippen molar-refractivity contribution in [2.75, 3.05) is 6.54 Å². The second-order valence-electron chi connectivity index (χ2n) is 4.83. The normalized spacial score (nSPS) is 13.1. The van der Waals surface area contributed by atoms with Gasteiger partial charge in [0.2, 0.25) is 0 Å². The summed E-state index contributed by atoms with van der Waals surface area (Å²) in [5.41, 5.74) is 1.38. The lowest BCUT2D eigenvalue weighted by molar-refractivity contribution is 0.476. The molecule has 1 aromatic rings. The Morgan fingerprint density at radius 1 is 1.12 bits per heavy atom. The van der Waals surface area contributed by atoms with Crippen molar-refractivity contribution in [3.63, 3.8) is 0 Å². The van der Waals surface area contributed by atoms with Crippen LogP contribution in [-0.2, 0) is 6.42 Å². The van der Waals surface area contributed by atoms with Gasteiger partial charge >= 0.3 is 0 Å². The van der Waals surface area contributed by atoms with Crippen molar-refractivity contribution < 1.29 is 0 Å². The van der Waals surface area contributed by atoms with Gasteiger partial charge in [0.1, 0.15) is 0 Å². The van der Waals surface area contributed by atoms with Gasteiger partial charge in [-0.25, -0.2) is 0 Å². The Morgan fingerprint density at radius 3 is 2.31 bits per heavy atom. The van der Waals surface area contributed by atoms with Crippen LogP contribution in [0.5, 0.6) is 0 Å². The largest absolute Gasteiger partial charge is 0.315 e. The van der Waals surface area contributed by atoms with Gasteiger partial charge in [0.05, 0.1) is 0 Å². The van der Waals surface area contributed by atoms with Gasteiger partial charge in [-0.2, -0.15) is 0 Å². The van der Waals surface area contributed by atoms with Crippen molar-refractivity contribution in [1.82, 2.24) is 5.32 Å². The van der Waals surface area contributed by atoms with Crippen molar-refractivity contribution in [2.24, 2.45) is 5.92 Å². The van der Waals surface area contributed by atoms with Crippen molar-refractivity contribution in [3.05, 3.63) is 34.9 Å². The smallest absolute Gasteiger partial charge is 0.0406 e. The van der Waals surface area contributed by atoms with Crippen LogP contribution in [0.2, 0.25) is 5.02 Å². The minimum absolute atomic E-state index is 0.586. The molecular weight excluding hydrogens is 218 g/mol. The first-order valence-corrected chi connectivity index (χ1v) is 6.43. The quantitative estimate of drug-likeness (QED) is 0.794. The third kappa shape index (κ3) is 5.53. The molecule has 2 heteroatoms. The summed E-state index contributed by atoms with van der Waals surface area (Å²) in [4.78, 5) is 0. The summed E-state index contributed by atoms with van der Waals surface area (Å²) < 4.78 is 0. The Morgan fingerprint density at radius 2 is 1.75 bits per heavy atom. The van der Waals surface area contributed by atoms with Gasteiger partial charge in [0.25, 0.3) is 0 Å². The fourth-order valence-corrected chi connectivity index (χ4v) is 1.87. The van der Waals surface area contributed by atoms with Crippen molar-refractivity contribution in [2.45, 2.75) is 39.7 Å². The second-order valence-corrected chi connectivity index (χ2v) is 5.27. The lowest BCUT2D eigenvalue weighted by atomic mass is 9.98. The molecule has 0 aliphatic carbocycles. The maximum Gasteiger partial charge on any atom is 0.0406 e. The van der Waals surface area contributed by atoms with Crippen molar-refractivity contribution in [1.29, 1.82) is 0 Å². The van der Waals surface area contributed by atoms with Crippen molar-refractivity contribution in [3.8, 4) is 0 Å². The first-order chi connectivity index (χ1) is 7.58. The fraction of sp³-hybridized carbons (Fsp3) is 0.571. The van der Waals surface area contributed by atoms with E-state index in [9.17, 15) is 0 Å². The lowest BCUT2D eigenvalue weighted by Gasteiger charge is -2.13. The third-order valence-electron chi connectivity index (χ3n) is 2.69. The maximum atomic E-state index is 5.86. The van der Waals surface area contributed by atoms with Gasteiger partial charge < -0.3 is 5.32 Å². The Bertz CT molecular complexity index is 292. The molecular formula is C14H22ClN. The molecule has 0 spiro atoms. The molecule has 1 rings (SSSR count). The number of hydrogen-bond donors (Lipinski definition) is 1. The van der Waals surface area contributed by atoms with E-state index in [2.05, 4.69) is 38.2 Å². The molecule has 1 aromatic carbocycles. The topological polar surface area (TPSA) is 12.0 Å². The zero-order valence-electron chi connectivity index (χ0n) is 10.5. The predicted octanol–water partition coefficient (Wildman–Crippen LogP) is 3.91. The van der Waals surface area contributed by atoms with Gasteiger partial charge in [0.15, 0.2) is 0 Å². The highest BCUT2D eigenvalue weighted by Gasteiger charge is 2.04. The summed E-state index contributed by atoms with van der Waals surface area (Å²) in [6.07, 6.45) is 2.36. The predicted molar refractivity (Wildman–Crippen MR) is 72.1 cm³/mol. The van der Waals surface area contributed by atoms with Gasteiger partial charge in [0, 0.05) is 11.1 Å². The van der Waals surface area contributed by atoms with Crippen molar-refractivity contribution >= 4 is 11.6 Å². The Hall–Kier alpha value is -0.530. The molecule has 0 saturated carbocycles. The molecule has 0 saturated heterocycles. The Labute approximate surface area is 104 Å². The van der Waals surface area contributed by atoms with Crippen LogP contribution in [0.4, 0.5) is 0 Å². The molecule has 0 bridgehead atoms. The summed E-state index contributed by atoms with van der Waals surface area (Å²) >= 11 is 5.86. The maximum absolute atomic E-state index is 5.86. The van der Waals surface area contributed by atoms with E-state index in [-0.39, 0.29) is 0 Å². The number of rotatable bonds is 6. The summed E-state index contributed by atoms with van der Waals surface area (Å²) in [6.45, 7) is 7.77. The zero-order valence-corrected chi connectivity index (χ0v) is 11.2. The highest BCUT2D eigenvalue weighted by Crippen LogP contribution is 2.14. The van der Waals surface area contributed by atoms with E-state index in [0.29, 0.717) is 12.0 Å². The van der Waals surface area contributed by atoms with E-state index in [0.717, 1.165) is 18.0 Å². The standard InChI is InChI=1S/C14H22ClN/c1-11(2)16-9-8-12(3)10-13-4-6-14(15)7-5-13/h4-7,11-12,16H,8-10H2,1-3H3. The minimum atomic E-state index is 0.586. The van der Waals surface area contributed by atoms with Crippen LogP contribution in [0.25, 0.3) is 0 Å². The van der Waals surface area contributed by atoms with E-state index in [1.807, 2.05) is 12.1 Å². The summed E-state index contributed by atoms with van der Waals surface area (Å²) in [5, 5.41) is 4.27. The molecule has 16 heavy (non-hydrogen) atoms. The lowest BCUT2D eigenvalue weighted by Crippen LogP contribution is -2.25. The van der Waals surface area contributed by atoms with E-state index in [1.165, 1.54) is 12.0 Å². The molecule has 0 aliphatic heterocycles. The summed E-state index contributed by atoms with van der Waals surface area (Å²) in [6, 6.07) is 8.76. The van der Waals surface area contributed by atoms with Gasteiger partial charge in [-0.1, -0.05) is 44.5 Å². The molecule has 1 nitrogen and oxygen atoms in total. The minimum Gasteiger partial charge on any atom is -0.315 e. The van der Waals surface area contributed by atoms with Crippen LogP contribution in [0.1, 0.15) is 32.8 Å². The van der Waals surface area contributed by atoms with Gasteiger partial charge in [-0.05, 0) is 43.0 Å². The van der Waals surface area contributed by atoms with E-state index in [1.54, 1.807) is 0 Å². The van der Waals surface area contributed by atoms with Crippen LogP contribution >= 0.6 is 11.6 Å². The Balaban J connectivity index is 2.28. The molecule has 0 heterocycles. The number of halogens is 1. The molecule has 90 valence electrons. The number of benzene rings is 1. The highest BCUT2D eigenvalue weighted by molar-refractivity contribution is 6.30. The first kappa shape index (κ1) is 13.5. The molecule has 0 aromatic heterocycles. The summed E-state index contributed by atoms with van der Waals surface area (Å²) in [7, 11) is 0. The summed E-state index contributed by atoms with van der Waals surface area (Å²) in [5.74, 6) is 0.715.